The molecule has 0 aliphatic carbocycles. The second-order valence-corrected chi connectivity index (χ2v) is 4.29. The third kappa shape index (κ3) is 4.76. The number of amides is 3. The van der Waals surface area contributed by atoms with Gasteiger partial charge in [-0.15, -0.1) is 0 Å². The number of carbonyl (C=O) groups is 3. The van der Waals surface area contributed by atoms with Crippen LogP contribution in [-0.4, -0.2) is 55.1 Å². The van der Waals surface area contributed by atoms with Crippen molar-refractivity contribution in [1.82, 2.24) is 15.5 Å². The minimum atomic E-state index is -0.615. The zero-order valence-corrected chi connectivity index (χ0v) is 11.4. The number of hydrogen-bond acceptors (Lipinski definition) is 4. The van der Waals surface area contributed by atoms with Crippen LogP contribution < -0.4 is 10.6 Å². The van der Waals surface area contributed by atoms with Crippen molar-refractivity contribution < 1.29 is 19.1 Å². The van der Waals surface area contributed by atoms with E-state index in [0.29, 0.717) is 39.1 Å². The fraction of sp³-hybridized carbons (Fsp3) is 0.750. The lowest BCUT2D eigenvalue weighted by Gasteiger charge is -2.31. The Bertz CT molecular complexity index is 338. The molecule has 0 spiro atoms. The van der Waals surface area contributed by atoms with E-state index in [0.717, 1.165) is 0 Å². The molecule has 3 amide bonds. The van der Waals surface area contributed by atoms with Crippen LogP contribution in [0, 0.1) is 0 Å². The first-order chi connectivity index (χ1) is 9.08. The van der Waals surface area contributed by atoms with E-state index in [1.807, 2.05) is 0 Å². The SMILES string of the molecule is CCNC(=O)C(=O)NC1CCN(C(=O)OCC)CC1. The van der Waals surface area contributed by atoms with Crippen LogP contribution in [0.25, 0.3) is 0 Å². The molecule has 0 atom stereocenters. The summed E-state index contributed by atoms with van der Waals surface area (Å²) in [6.07, 6.45) is 0.935. The molecule has 0 radical (unpaired) electrons. The van der Waals surface area contributed by atoms with Crippen LogP contribution in [0.15, 0.2) is 0 Å². The quantitative estimate of drug-likeness (QED) is 0.699. The van der Waals surface area contributed by atoms with Gasteiger partial charge in [-0.2, -0.15) is 0 Å². The van der Waals surface area contributed by atoms with Gasteiger partial charge in [0.2, 0.25) is 0 Å². The minimum absolute atomic E-state index is 0.0687. The van der Waals surface area contributed by atoms with E-state index < -0.39 is 11.8 Å². The van der Waals surface area contributed by atoms with Crippen molar-refractivity contribution in [2.24, 2.45) is 0 Å². The van der Waals surface area contributed by atoms with Gasteiger partial charge in [-0.25, -0.2) is 4.79 Å². The molecule has 1 aliphatic heterocycles. The molecule has 1 aliphatic rings. The molecule has 7 nitrogen and oxygen atoms in total. The zero-order chi connectivity index (χ0) is 14.3. The van der Waals surface area contributed by atoms with Gasteiger partial charge in [-0.05, 0) is 26.7 Å². The largest absolute Gasteiger partial charge is 0.450 e. The maximum Gasteiger partial charge on any atom is 0.409 e. The van der Waals surface area contributed by atoms with Crippen LogP contribution in [0.5, 0.6) is 0 Å². The van der Waals surface area contributed by atoms with Crippen molar-refractivity contribution in [3.8, 4) is 0 Å². The molecule has 2 N–H and O–H groups in total. The molecule has 0 aromatic carbocycles. The Labute approximate surface area is 112 Å². The predicted octanol–water partition coefficient (Wildman–Crippen LogP) is -0.140. The topological polar surface area (TPSA) is 87.7 Å². The summed E-state index contributed by atoms with van der Waals surface area (Å²) < 4.78 is 4.90. The Morgan fingerprint density at radius 3 is 2.32 bits per heavy atom. The highest BCUT2D eigenvalue weighted by molar-refractivity contribution is 6.35. The van der Waals surface area contributed by atoms with Gasteiger partial charge in [0, 0.05) is 25.7 Å². The fourth-order valence-corrected chi connectivity index (χ4v) is 1.91. The minimum Gasteiger partial charge on any atom is -0.450 e. The molecule has 1 rings (SSSR count). The number of nitrogens with one attached hydrogen (secondary N) is 2. The van der Waals surface area contributed by atoms with Gasteiger partial charge in [0.05, 0.1) is 6.61 Å². The van der Waals surface area contributed by atoms with Crippen molar-refractivity contribution in [3.05, 3.63) is 0 Å². The maximum atomic E-state index is 11.5. The molecule has 7 heteroatoms. The van der Waals surface area contributed by atoms with Crippen LogP contribution in [-0.2, 0) is 14.3 Å². The Balaban J connectivity index is 2.32. The lowest BCUT2D eigenvalue weighted by molar-refractivity contribution is -0.139. The van der Waals surface area contributed by atoms with Gasteiger partial charge >= 0.3 is 17.9 Å². The Kier molecular flexibility index (Phi) is 6.11. The second kappa shape index (κ2) is 7.60. The van der Waals surface area contributed by atoms with E-state index in [1.165, 1.54) is 0 Å². The summed E-state index contributed by atoms with van der Waals surface area (Å²) in [6.45, 7) is 5.35. The first-order valence-corrected chi connectivity index (χ1v) is 6.58. The molecule has 0 aromatic rings. The highest BCUT2D eigenvalue weighted by Crippen LogP contribution is 2.11. The van der Waals surface area contributed by atoms with E-state index in [-0.39, 0.29) is 12.1 Å². The molecule has 19 heavy (non-hydrogen) atoms. The number of likely N-dealkylation sites (tertiary alicyclic amines) is 1. The first-order valence-electron chi connectivity index (χ1n) is 6.58. The Morgan fingerprint density at radius 1 is 1.16 bits per heavy atom. The smallest absolute Gasteiger partial charge is 0.409 e. The fourth-order valence-electron chi connectivity index (χ4n) is 1.91. The molecule has 0 unspecified atom stereocenters. The summed E-state index contributed by atoms with van der Waals surface area (Å²) in [4.78, 5) is 35.8. The third-order valence-electron chi connectivity index (χ3n) is 2.90. The number of carbonyl (C=O) groups excluding carboxylic acids is 3. The number of hydrogen-bond donors (Lipinski definition) is 2. The molecule has 1 heterocycles. The summed E-state index contributed by atoms with van der Waals surface area (Å²) >= 11 is 0. The monoisotopic (exact) mass is 271 g/mol. The molecular formula is C12H21N3O4. The molecule has 1 saturated heterocycles. The van der Waals surface area contributed by atoms with Crippen molar-refractivity contribution in [3.63, 3.8) is 0 Å². The van der Waals surface area contributed by atoms with Gasteiger partial charge < -0.3 is 20.3 Å². The Hall–Kier alpha value is -1.79. The van der Waals surface area contributed by atoms with E-state index in [9.17, 15) is 14.4 Å². The lowest BCUT2D eigenvalue weighted by atomic mass is 10.1. The van der Waals surface area contributed by atoms with Crippen LogP contribution >= 0.6 is 0 Å². The average molecular weight is 271 g/mol. The normalized spacial score (nSPS) is 15.8. The van der Waals surface area contributed by atoms with Crippen LogP contribution in [0.1, 0.15) is 26.7 Å². The number of rotatable bonds is 3. The van der Waals surface area contributed by atoms with Gasteiger partial charge in [0.25, 0.3) is 0 Å². The molecule has 108 valence electrons. The number of piperidine rings is 1. The van der Waals surface area contributed by atoms with E-state index in [1.54, 1.807) is 18.7 Å². The first kappa shape index (κ1) is 15.3. The summed E-state index contributed by atoms with van der Waals surface area (Å²) in [5.41, 5.74) is 0. The van der Waals surface area contributed by atoms with E-state index >= 15 is 0 Å². The lowest BCUT2D eigenvalue weighted by Crippen LogP contribution is -2.50. The second-order valence-electron chi connectivity index (χ2n) is 4.29. The van der Waals surface area contributed by atoms with Gasteiger partial charge in [0.1, 0.15) is 0 Å². The highest BCUT2D eigenvalue weighted by atomic mass is 16.6. The van der Waals surface area contributed by atoms with Gasteiger partial charge in [-0.3, -0.25) is 9.59 Å². The predicted molar refractivity (Wildman–Crippen MR) is 68.4 cm³/mol. The molecular weight excluding hydrogens is 250 g/mol. The Morgan fingerprint density at radius 2 is 1.79 bits per heavy atom. The van der Waals surface area contributed by atoms with Crippen LogP contribution in [0.3, 0.4) is 0 Å². The molecule has 0 bridgehead atoms. The van der Waals surface area contributed by atoms with Gasteiger partial charge in [-0.1, -0.05) is 0 Å². The number of ether oxygens (including phenoxy) is 1. The van der Waals surface area contributed by atoms with Crippen LogP contribution in [0.4, 0.5) is 4.79 Å². The van der Waals surface area contributed by atoms with E-state index in [2.05, 4.69) is 10.6 Å². The maximum absolute atomic E-state index is 11.5. The summed E-state index contributed by atoms with van der Waals surface area (Å²) in [6, 6.07) is -0.0687. The number of likely N-dealkylation sites (N-methyl/N-ethyl adjacent to an activating group) is 1. The summed E-state index contributed by atoms with van der Waals surface area (Å²) in [5, 5.41) is 5.11. The van der Waals surface area contributed by atoms with E-state index in [4.69, 9.17) is 4.74 Å². The van der Waals surface area contributed by atoms with Crippen molar-refractivity contribution in [2.45, 2.75) is 32.7 Å². The number of nitrogens with zero attached hydrogens (tertiary/aromatic N) is 1. The zero-order valence-electron chi connectivity index (χ0n) is 11.4. The molecule has 0 aromatic heterocycles. The van der Waals surface area contributed by atoms with Crippen molar-refractivity contribution >= 4 is 17.9 Å². The standard InChI is InChI=1S/C12H21N3O4/c1-3-13-10(16)11(17)14-9-5-7-15(8-6-9)12(18)19-4-2/h9H,3-8H2,1-2H3,(H,13,16)(H,14,17). The third-order valence-corrected chi connectivity index (χ3v) is 2.90. The highest BCUT2D eigenvalue weighted by Gasteiger charge is 2.25. The summed E-state index contributed by atoms with van der Waals surface area (Å²) in [7, 11) is 0. The van der Waals surface area contributed by atoms with Crippen LogP contribution in [0.2, 0.25) is 0 Å². The van der Waals surface area contributed by atoms with Gasteiger partial charge in [0.15, 0.2) is 0 Å². The van der Waals surface area contributed by atoms with Crippen molar-refractivity contribution in [1.29, 1.82) is 0 Å². The molecule has 1 fully saturated rings. The molecule has 0 saturated carbocycles. The summed E-state index contributed by atoms with van der Waals surface area (Å²) in [5.74, 6) is -1.23. The average Bonchev–Trinajstić information content (AvgIpc) is 2.40. The van der Waals surface area contributed by atoms with Crippen molar-refractivity contribution in [2.75, 3.05) is 26.2 Å².